The zero-order chi connectivity index (χ0) is 12.0. The first kappa shape index (κ1) is 14.5. The van der Waals surface area contributed by atoms with Gasteiger partial charge in [0.05, 0.1) is 6.61 Å². The second-order valence-corrected chi connectivity index (χ2v) is 3.61. The Bertz CT molecular complexity index is 197. The monoisotopic (exact) mass is 221 g/mol. The molecule has 0 fully saturated rings. The van der Waals surface area contributed by atoms with Crippen molar-refractivity contribution in [3.05, 3.63) is 0 Å². The van der Waals surface area contributed by atoms with Gasteiger partial charge in [0, 0.05) is 12.3 Å². The van der Waals surface area contributed by atoms with Gasteiger partial charge in [-0.25, -0.2) is 0 Å². The van der Waals surface area contributed by atoms with Crippen molar-refractivity contribution in [1.29, 1.82) is 0 Å². The third kappa shape index (κ3) is 5.19. The van der Waals surface area contributed by atoms with Gasteiger partial charge in [0.25, 0.3) is 0 Å². The van der Waals surface area contributed by atoms with Crippen LogP contribution in [-0.2, 0) is 0 Å². The second kappa shape index (κ2) is 6.86. The number of rotatable bonds is 6. The van der Waals surface area contributed by atoms with Crippen molar-refractivity contribution < 1.29 is 25.5 Å². The van der Waals surface area contributed by atoms with E-state index in [1.165, 1.54) is 0 Å². The van der Waals surface area contributed by atoms with Gasteiger partial charge in [0.2, 0.25) is 0 Å². The van der Waals surface area contributed by atoms with Crippen molar-refractivity contribution in [2.24, 2.45) is 4.99 Å². The number of aliphatic hydroxyl groups is 5. The quantitative estimate of drug-likeness (QED) is 0.330. The highest BCUT2D eigenvalue weighted by atomic mass is 16.4. The van der Waals surface area contributed by atoms with Crippen molar-refractivity contribution in [2.75, 3.05) is 6.61 Å². The summed E-state index contributed by atoms with van der Waals surface area (Å²) in [5, 5.41) is 45.4. The van der Waals surface area contributed by atoms with Gasteiger partial charge in [-0.2, -0.15) is 0 Å². The Labute approximate surface area is 88.5 Å². The topological polar surface area (TPSA) is 114 Å². The molecule has 4 atom stereocenters. The summed E-state index contributed by atoms with van der Waals surface area (Å²) in [6.45, 7) is 2.88. The van der Waals surface area contributed by atoms with E-state index in [0.29, 0.717) is 0 Å². The fraction of sp³-hybridized carbons (Fsp3) is 0.889. The molecule has 0 aliphatic carbocycles. The van der Waals surface area contributed by atoms with Crippen LogP contribution in [0.5, 0.6) is 0 Å². The van der Waals surface area contributed by atoms with Crippen LogP contribution < -0.4 is 0 Å². The summed E-state index contributed by atoms with van der Waals surface area (Å²) in [6, 6.07) is -0.0354. The van der Waals surface area contributed by atoms with Crippen molar-refractivity contribution in [2.45, 2.75) is 44.3 Å². The van der Waals surface area contributed by atoms with Gasteiger partial charge >= 0.3 is 0 Å². The Morgan fingerprint density at radius 2 is 1.60 bits per heavy atom. The molecule has 0 aliphatic rings. The minimum Gasteiger partial charge on any atom is -0.394 e. The van der Waals surface area contributed by atoms with E-state index >= 15 is 0 Å². The zero-order valence-electron chi connectivity index (χ0n) is 8.85. The number of aliphatic imine (C=N–C) groups is 1. The van der Waals surface area contributed by atoms with E-state index in [9.17, 15) is 15.3 Å². The molecule has 0 saturated heterocycles. The molecule has 6 nitrogen and oxygen atoms in total. The molecule has 6 heteroatoms. The lowest BCUT2D eigenvalue weighted by molar-refractivity contribution is -0.0999. The number of nitrogens with zero attached hydrogens (tertiary/aromatic N) is 1. The third-order valence-corrected chi connectivity index (χ3v) is 1.82. The van der Waals surface area contributed by atoms with Crippen molar-refractivity contribution in [3.63, 3.8) is 0 Å². The first-order valence-corrected chi connectivity index (χ1v) is 4.76. The molecule has 0 saturated carbocycles. The molecule has 0 bridgehead atoms. The summed E-state index contributed by atoms with van der Waals surface area (Å²) in [5.74, 6) is 0. The molecule has 5 N–H and O–H groups in total. The maximum absolute atomic E-state index is 9.34. The summed E-state index contributed by atoms with van der Waals surface area (Å²) < 4.78 is 0. The van der Waals surface area contributed by atoms with Gasteiger partial charge in [0.1, 0.15) is 24.4 Å². The standard InChI is InChI=1S/C9H19NO5/c1-5(2)10-3-6(12)8(14)9(15)7(13)4-11/h3,5-9,11-15H,4H2,1-2H3/b10-3-/t6-,7+,8+,9+/m0/s1. The molecule has 90 valence electrons. The molecular weight excluding hydrogens is 202 g/mol. The molecule has 0 heterocycles. The first-order chi connectivity index (χ1) is 6.90. The Hall–Kier alpha value is -0.530. The fourth-order valence-corrected chi connectivity index (χ4v) is 0.886. The highest BCUT2D eigenvalue weighted by Crippen LogP contribution is 2.04. The maximum Gasteiger partial charge on any atom is 0.117 e. The summed E-state index contributed by atoms with van der Waals surface area (Å²) in [7, 11) is 0. The molecule has 0 amide bonds. The number of hydrogen-bond donors (Lipinski definition) is 5. The van der Waals surface area contributed by atoms with Crippen LogP contribution in [0.25, 0.3) is 0 Å². The van der Waals surface area contributed by atoms with E-state index < -0.39 is 31.0 Å². The van der Waals surface area contributed by atoms with Crippen LogP contribution in [0.15, 0.2) is 4.99 Å². The van der Waals surface area contributed by atoms with E-state index in [2.05, 4.69) is 4.99 Å². The van der Waals surface area contributed by atoms with Crippen LogP contribution in [0, 0.1) is 0 Å². The molecule has 0 rings (SSSR count). The lowest BCUT2D eigenvalue weighted by Crippen LogP contribution is -2.46. The van der Waals surface area contributed by atoms with Crippen molar-refractivity contribution >= 4 is 6.21 Å². The first-order valence-electron chi connectivity index (χ1n) is 4.76. The molecule has 0 unspecified atom stereocenters. The Morgan fingerprint density at radius 1 is 1.07 bits per heavy atom. The third-order valence-electron chi connectivity index (χ3n) is 1.82. The lowest BCUT2D eigenvalue weighted by atomic mass is 10.0. The van der Waals surface area contributed by atoms with Gasteiger partial charge in [-0.15, -0.1) is 0 Å². The summed E-state index contributed by atoms with van der Waals surface area (Å²) >= 11 is 0. The maximum atomic E-state index is 9.34. The predicted molar refractivity (Wildman–Crippen MR) is 54.7 cm³/mol. The summed E-state index contributed by atoms with van der Waals surface area (Å²) in [5.41, 5.74) is 0. The van der Waals surface area contributed by atoms with Gasteiger partial charge in [-0.1, -0.05) is 0 Å². The van der Waals surface area contributed by atoms with E-state index in [1.807, 2.05) is 0 Å². The van der Waals surface area contributed by atoms with E-state index in [0.717, 1.165) is 6.21 Å². The van der Waals surface area contributed by atoms with Gasteiger partial charge in [-0.05, 0) is 13.8 Å². The predicted octanol–water partition coefficient (Wildman–Crippen LogP) is -2.10. The Balaban J connectivity index is 4.24. The van der Waals surface area contributed by atoms with Gasteiger partial charge < -0.3 is 25.5 Å². The fourth-order valence-electron chi connectivity index (χ4n) is 0.886. The Kier molecular flexibility index (Phi) is 6.62. The van der Waals surface area contributed by atoms with E-state index in [1.54, 1.807) is 13.8 Å². The van der Waals surface area contributed by atoms with Crippen LogP contribution in [0.1, 0.15) is 13.8 Å². The number of aliphatic hydroxyl groups excluding tert-OH is 5. The summed E-state index contributed by atoms with van der Waals surface area (Å²) in [4.78, 5) is 3.82. The van der Waals surface area contributed by atoms with Crippen molar-refractivity contribution in [1.82, 2.24) is 0 Å². The smallest absolute Gasteiger partial charge is 0.117 e. The Morgan fingerprint density at radius 3 is 2.00 bits per heavy atom. The summed E-state index contributed by atoms with van der Waals surface area (Å²) in [6.07, 6.45) is -4.94. The SMILES string of the molecule is CC(C)/N=C\[C@H](O)[C@@H](O)[C@H](O)[C@H](O)CO. The largest absolute Gasteiger partial charge is 0.394 e. The van der Waals surface area contributed by atoms with Crippen LogP contribution in [-0.4, -0.2) is 68.8 Å². The molecule has 0 radical (unpaired) electrons. The lowest BCUT2D eigenvalue weighted by Gasteiger charge is -2.23. The minimum absolute atomic E-state index is 0.0354. The molecular formula is C9H19NO5. The molecule has 0 aromatic rings. The van der Waals surface area contributed by atoms with Crippen LogP contribution in [0.3, 0.4) is 0 Å². The average molecular weight is 221 g/mol. The number of hydrogen-bond acceptors (Lipinski definition) is 6. The molecule has 0 aromatic carbocycles. The molecule has 15 heavy (non-hydrogen) atoms. The average Bonchev–Trinajstić information content (AvgIpc) is 2.22. The normalized spacial score (nSPS) is 20.5. The zero-order valence-corrected chi connectivity index (χ0v) is 8.85. The van der Waals surface area contributed by atoms with Crippen LogP contribution in [0.4, 0.5) is 0 Å². The minimum atomic E-state index is -1.61. The highest BCUT2D eigenvalue weighted by Gasteiger charge is 2.28. The van der Waals surface area contributed by atoms with Crippen LogP contribution in [0.2, 0.25) is 0 Å². The van der Waals surface area contributed by atoms with Gasteiger partial charge in [0.15, 0.2) is 0 Å². The van der Waals surface area contributed by atoms with E-state index in [-0.39, 0.29) is 6.04 Å². The molecule has 0 aromatic heterocycles. The van der Waals surface area contributed by atoms with E-state index in [4.69, 9.17) is 10.2 Å². The van der Waals surface area contributed by atoms with Crippen LogP contribution >= 0.6 is 0 Å². The van der Waals surface area contributed by atoms with Crippen molar-refractivity contribution in [3.8, 4) is 0 Å². The van der Waals surface area contributed by atoms with Gasteiger partial charge in [-0.3, -0.25) is 4.99 Å². The highest BCUT2D eigenvalue weighted by molar-refractivity contribution is 5.63. The molecule has 0 spiro atoms. The second-order valence-electron chi connectivity index (χ2n) is 3.61. The molecule has 0 aliphatic heterocycles.